The normalized spacial score (nSPS) is 11.3. The van der Waals surface area contributed by atoms with Crippen molar-refractivity contribution >= 4 is 11.9 Å². The zero-order chi connectivity index (χ0) is 19.4. The Morgan fingerprint density at radius 2 is 1.35 bits per heavy atom. The maximum atomic E-state index is 12.9. The van der Waals surface area contributed by atoms with Gasteiger partial charge in [0.2, 0.25) is 0 Å². The van der Waals surface area contributed by atoms with Gasteiger partial charge in [-0.25, -0.2) is 9.59 Å². The van der Waals surface area contributed by atoms with Crippen LogP contribution in [-0.2, 0) is 4.74 Å². The number of aromatic carboxylic acids is 1. The second-order valence-electron chi connectivity index (χ2n) is 7.09. The van der Waals surface area contributed by atoms with Crippen molar-refractivity contribution in [2.45, 2.75) is 90.6 Å². The van der Waals surface area contributed by atoms with Crippen LogP contribution in [0, 0.1) is 0 Å². The summed E-state index contributed by atoms with van der Waals surface area (Å²) in [6, 6.07) is 6.31. The van der Waals surface area contributed by atoms with Crippen LogP contribution >= 0.6 is 0 Å². The van der Waals surface area contributed by atoms with E-state index in [2.05, 4.69) is 20.8 Å². The lowest BCUT2D eigenvalue weighted by molar-refractivity contribution is -0.0358. The number of unbranched alkanes of at least 4 members (excludes halogenated alkanes) is 4. The number of rotatable bonds is 13. The van der Waals surface area contributed by atoms with Crippen molar-refractivity contribution in [2.75, 3.05) is 0 Å². The first-order valence-electron chi connectivity index (χ1n) is 10.0. The van der Waals surface area contributed by atoms with Crippen LogP contribution in [0.15, 0.2) is 24.3 Å². The Bertz CT molecular complexity index is 557. The zero-order valence-corrected chi connectivity index (χ0v) is 16.6. The highest BCUT2D eigenvalue weighted by Gasteiger charge is 2.34. The van der Waals surface area contributed by atoms with Crippen LogP contribution in [0.2, 0.25) is 0 Å². The maximum absolute atomic E-state index is 12.9. The Hall–Kier alpha value is -1.84. The summed E-state index contributed by atoms with van der Waals surface area (Å²) in [4.78, 5) is 24.3. The molecule has 0 heterocycles. The first-order chi connectivity index (χ1) is 12.5. The fraction of sp³-hybridized carbons (Fsp3) is 0.636. The molecule has 0 fully saturated rings. The highest BCUT2D eigenvalue weighted by molar-refractivity contribution is 6.02. The van der Waals surface area contributed by atoms with Gasteiger partial charge in [0.1, 0.15) is 5.60 Å². The molecule has 0 aliphatic heterocycles. The molecule has 0 bridgehead atoms. The summed E-state index contributed by atoms with van der Waals surface area (Å²) < 4.78 is 6.06. The standard InChI is InChI=1S/C22H34O4/c1-4-7-12-17-22(15-8-5-2,16-9-6-3)26-21(25)19-14-11-10-13-18(19)20(23)24/h10-11,13-14H,4-9,12,15-17H2,1-3H3,(H,23,24). The molecular formula is C22H34O4. The molecule has 0 aliphatic carbocycles. The molecule has 146 valence electrons. The van der Waals surface area contributed by atoms with Crippen molar-refractivity contribution in [1.82, 2.24) is 0 Å². The van der Waals surface area contributed by atoms with E-state index in [0.717, 1.165) is 64.2 Å². The Morgan fingerprint density at radius 3 is 1.85 bits per heavy atom. The number of esters is 1. The van der Waals surface area contributed by atoms with E-state index < -0.39 is 17.5 Å². The van der Waals surface area contributed by atoms with Gasteiger partial charge in [0, 0.05) is 0 Å². The van der Waals surface area contributed by atoms with Gasteiger partial charge in [-0.15, -0.1) is 0 Å². The van der Waals surface area contributed by atoms with Crippen LogP contribution < -0.4 is 0 Å². The van der Waals surface area contributed by atoms with Gasteiger partial charge in [-0.2, -0.15) is 0 Å². The van der Waals surface area contributed by atoms with Crippen LogP contribution in [0.3, 0.4) is 0 Å². The molecule has 0 saturated heterocycles. The Kier molecular flexibility index (Phi) is 10.0. The van der Waals surface area contributed by atoms with E-state index >= 15 is 0 Å². The lowest BCUT2D eigenvalue weighted by Gasteiger charge is -2.34. The second-order valence-corrected chi connectivity index (χ2v) is 7.09. The molecule has 26 heavy (non-hydrogen) atoms. The van der Waals surface area contributed by atoms with E-state index in [-0.39, 0.29) is 11.1 Å². The topological polar surface area (TPSA) is 63.6 Å². The number of hydrogen-bond donors (Lipinski definition) is 1. The maximum Gasteiger partial charge on any atom is 0.339 e. The molecule has 1 aromatic carbocycles. The van der Waals surface area contributed by atoms with Gasteiger partial charge in [-0.3, -0.25) is 0 Å². The van der Waals surface area contributed by atoms with Crippen molar-refractivity contribution in [3.05, 3.63) is 35.4 Å². The van der Waals surface area contributed by atoms with E-state index in [1.54, 1.807) is 18.2 Å². The molecule has 0 spiro atoms. The minimum absolute atomic E-state index is 0.00550. The number of carboxylic acids is 1. The van der Waals surface area contributed by atoms with Gasteiger partial charge in [0.25, 0.3) is 0 Å². The van der Waals surface area contributed by atoms with Crippen LogP contribution in [0.5, 0.6) is 0 Å². The molecule has 1 aromatic rings. The predicted octanol–water partition coefficient (Wildman–Crippen LogP) is 6.24. The third-order valence-electron chi connectivity index (χ3n) is 4.89. The quantitative estimate of drug-likeness (QED) is 0.333. The third-order valence-corrected chi connectivity index (χ3v) is 4.89. The monoisotopic (exact) mass is 362 g/mol. The van der Waals surface area contributed by atoms with E-state index in [4.69, 9.17) is 4.74 Å². The van der Waals surface area contributed by atoms with Crippen molar-refractivity contribution in [2.24, 2.45) is 0 Å². The van der Waals surface area contributed by atoms with Gasteiger partial charge in [-0.1, -0.05) is 58.6 Å². The van der Waals surface area contributed by atoms with Gasteiger partial charge in [0.05, 0.1) is 11.1 Å². The first kappa shape index (κ1) is 22.2. The van der Waals surface area contributed by atoms with Crippen molar-refractivity contribution < 1.29 is 19.4 Å². The highest BCUT2D eigenvalue weighted by atomic mass is 16.6. The van der Waals surface area contributed by atoms with Gasteiger partial charge >= 0.3 is 11.9 Å². The molecule has 1 rings (SSSR count). The summed E-state index contributed by atoms with van der Waals surface area (Å²) >= 11 is 0. The summed E-state index contributed by atoms with van der Waals surface area (Å²) in [6.45, 7) is 6.44. The average Bonchev–Trinajstić information content (AvgIpc) is 2.64. The molecule has 4 nitrogen and oxygen atoms in total. The molecule has 0 radical (unpaired) electrons. The molecule has 1 N–H and O–H groups in total. The van der Waals surface area contributed by atoms with E-state index in [0.29, 0.717) is 0 Å². The minimum atomic E-state index is -1.10. The predicted molar refractivity (Wildman–Crippen MR) is 105 cm³/mol. The third kappa shape index (κ3) is 6.81. The average molecular weight is 363 g/mol. The number of carboxylic acid groups (broad SMARTS) is 1. The summed E-state index contributed by atoms with van der Waals surface area (Å²) in [5.74, 6) is -1.61. The molecule has 4 heteroatoms. The fourth-order valence-electron chi connectivity index (χ4n) is 3.32. The molecule has 0 atom stereocenters. The van der Waals surface area contributed by atoms with E-state index in [1.807, 2.05) is 0 Å². The number of benzene rings is 1. The van der Waals surface area contributed by atoms with Crippen molar-refractivity contribution in [3.8, 4) is 0 Å². The van der Waals surface area contributed by atoms with Crippen molar-refractivity contribution in [3.63, 3.8) is 0 Å². The van der Waals surface area contributed by atoms with Crippen molar-refractivity contribution in [1.29, 1.82) is 0 Å². The lowest BCUT2D eigenvalue weighted by Crippen LogP contribution is -2.36. The molecular weight excluding hydrogens is 328 g/mol. The Labute approximate surface area is 158 Å². The summed E-state index contributed by atoms with van der Waals surface area (Å²) in [7, 11) is 0. The Balaban J connectivity index is 3.07. The Morgan fingerprint density at radius 1 is 0.846 bits per heavy atom. The summed E-state index contributed by atoms with van der Waals surface area (Å²) in [6.07, 6.45) is 9.89. The van der Waals surface area contributed by atoms with Gasteiger partial charge < -0.3 is 9.84 Å². The van der Waals surface area contributed by atoms with Gasteiger partial charge in [0.15, 0.2) is 0 Å². The van der Waals surface area contributed by atoms with E-state index in [9.17, 15) is 14.7 Å². The summed E-state index contributed by atoms with van der Waals surface area (Å²) in [5, 5.41) is 9.36. The first-order valence-corrected chi connectivity index (χ1v) is 10.0. The largest absolute Gasteiger partial charge is 0.478 e. The van der Waals surface area contributed by atoms with Crippen LogP contribution in [-0.4, -0.2) is 22.6 Å². The highest BCUT2D eigenvalue weighted by Crippen LogP contribution is 2.33. The number of carbonyl (C=O) groups excluding carboxylic acids is 1. The smallest absolute Gasteiger partial charge is 0.339 e. The molecule has 0 amide bonds. The molecule has 0 aliphatic rings. The zero-order valence-electron chi connectivity index (χ0n) is 16.6. The molecule has 0 saturated carbocycles. The number of hydrogen-bond acceptors (Lipinski definition) is 3. The molecule has 0 aromatic heterocycles. The second kappa shape index (κ2) is 11.7. The van der Waals surface area contributed by atoms with Gasteiger partial charge in [-0.05, 0) is 50.7 Å². The van der Waals surface area contributed by atoms with E-state index in [1.165, 1.54) is 6.07 Å². The minimum Gasteiger partial charge on any atom is -0.478 e. The fourth-order valence-corrected chi connectivity index (χ4v) is 3.32. The lowest BCUT2D eigenvalue weighted by atomic mass is 9.85. The summed E-state index contributed by atoms with van der Waals surface area (Å²) in [5.41, 5.74) is -0.331. The van der Waals surface area contributed by atoms with Crippen LogP contribution in [0.1, 0.15) is 106 Å². The number of ether oxygens (including phenoxy) is 1. The van der Waals surface area contributed by atoms with Crippen LogP contribution in [0.4, 0.5) is 0 Å². The number of carbonyl (C=O) groups is 2. The van der Waals surface area contributed by atoms with Crippen LogP contribution in [0.25, 0.3) is 0 Å². The molecule has 0 unspecified atom stereocenters. The SMILES string of the molecule is CCCCCC(CCCC)(CCCC)OC(=O)c1ccccc1C(=O)O.